The number of anilines is 1. The van der Waals surface area contributed by atoms with Crippen molar-refractivity contribution in [1.29, 1.82) is 0 Å². The van der Waals surface area contributed by atoms with Gasteiger partial charge in [0.15, 0.2) is 17.5 Å². The number of benzene rings is 2. The van der Waals surface area contributed by atoms with Gasteiger partial charge in [0.25, 0.3) is 0 Å². The highest BCUT2D eigenvalue weighted by molar-refractivity contribution is 9.10. The number of nitrogens with one attached hydrogen (secondary N) is 2. The summed E-state index contributed by atoms with van der Waals surface area (Å²) >= 11 is 3.48. The highest BCUT2D eigenvalue weighted by atomic mass is 79.9. The van der Waals surface area contributed by atoms with E-state index < -0.39 is 0 Å². The summed E-state index contributed by atoms with van der Waals surface area (Å²) in [6.45, 7) is 0. The molecule has 1 saturated carbocycles. The van der Waals surface area contributed by atoms with E-state index >= 15 is 0 Å². The summed E-state index contributed by atoms with van der Waals surface area (Å²) in [6.07, 6.45) is 1.11. The minimum atomic E-state index is 0.396. The monoisotopic (exact) mass is 403 g/mol. The predicted molar refractivity (Wildman–Crippen MR) is 105 cm³/mol. The quantitative estimate of drug-likeness (QED) is 0.584. The molecule has 1 aliphatic carbocycles. The molecule has 2 aromatic rings. The molecule has 0 amide bonds. The fraction of sp³-hybridized carbons (Fsp3) is 0.316. The van der Waals surface area contributed by atoms with Crippen LogP contribution in [-0.4, -0.2) is 33.3 Å². The number of nitrogens with zero attached hydrogens (tertiary/aromatic N) is 1. The third-order valence-electron chi connectivity index (χ3n) is 4.28. The van der Waals surface area contributed by atoms with Crippen LogP contribution in [0.4, 0.5) is 5.69 Å². The second kappa shape index (κ2) is 7.78. The van der Waals surface area contributed by atoms with Crippen LogP contribution >= 0.6 is 15.9 Å². The second-order valence-corrected chi connectivity index (χ2v) is 6.83. The first-order valence-corrected chi connectivity index (χ1v) is 8.91. The molecule has 2 N–H and O–H groups in total. The Balaban J connectivity index is 1.62. The third kappa shape index (κ3) is 4.25. The Morgan fingerprint density at radius 1 is 1.08 bits per heavy atom. The molecule has 0 bridgehead atoms. The van der Waals surface area contributed by atoms with Crippen molar-refractivity contribution in [3.63, 3.8) is 0 Å². The Morgan fingerprint density at radius 2 is 1.80 bits per heavy atom. The van der Waals surface area contributed by atoms with Crippen LogP contribution in [0.25, 0.3) is 0 Å². The van der Waals surface area contributed by atoms with E-state index in [1.807, 2.05) is 18.2 Å². The lowest BCUT2D eigenvalue weighted by Gasteiger charge is -2.14. The van der Waals surface area contributed by atoms with Crippen LogP contribution in [0.15, 0.2) is 51.9 Å². The summed E-state index contributed by atoms with van der Waals surface area (Å²) in [5, 5.41) is 6.78. The molecule has 2 atom stereocenters. The molecular weight excluding hydrogens is 382 g/mol. The maximum atomic E-state index is 5.34. The van der Waals surface area contributed by atoms with Gasteiger partial charge in [-0.15, -0.1) is 0 Å². The lowest BCUT2D eigenvalue weighted by atomic mass is 10.1. The zero-order chi connectivity index (χ0) is 17.8. The van der Waals surface area contributed by atoms with Gasteiger partial charge in [-0.2, -0.15) is 0 Å². The van der Waals surface area contributed by atoms with Gasteiger partial charge in [0.2, 0.25) is 0 Å². The largest absolute Gasteiger partial charge is 0.493 e. The van der Waals surface area contributed by atoms with Crippen LogP contribution in [0.1, 0.15) is 17.9 Å². The fourth-order valence-electron chi connectivity index (χ4n) is 2.82. The van der Waals surface area contributed by atoms with Crippen molar-refractivity contribution >= 4 is 27.6 Å². The van der Waals surface area contributed by atoms with Crippen molar-refractivity contribution in [3.05, 3.63) is 52.5 Å². The van der Waals surface area contributed by atoms with E-state index in [-0.39, 0.29) is 0 Å². The van der Waals surface area contributed by atoms with E-state index in [0.29, 0.717) is 23.5 Å². The lowest BCUT2D eigenvalue weighted by molar-refractivity contribution is 0.355. The minimum absolute atomic E-state index is 0.396. The summed E-state index contributed by atoms with van der Waals surface area (Å²) < 4.78 is 11.7. The number of rotatable bonds is 5. The average Bonchev–Trinajstić information content (AvgIpc) is 3.40. The molecule has 25 heavy (non-hydrogen) atoms. The van der Waals surface area contributed by atoms with Crippen molar-refractivity contribution in [3.8, 4) is 11.5 Å². The number of aliphatic imine (C=N–C) groups is 1. The fourth-order valence-corrected chi connectivity index (χ4v) is 3.08. The number of halogens is 1. The topological polar surface area (TPSA) is 54.9 Å². The molecule has 132 valence electrons. The Bertz CT molecular complexity index is 762. The molecule has 0 heterocycles. The molecule has 2 aromatic carbocycles. The number of guanidine groups is 1. The van der Waals surface area contributed by atoms with Crippen LogP contribution in [-0.2, 0) is 0 Å². The maximum Gasteiger partial charge on any atom is 0.195 e. The van der Waals surface area contributed by atoms with Gasteiger partial charge < -0.3 is 20.1 Å². The molecule has 0 saturated heterocycles. The second-order valence-electron chi connectivity index (χ2n) is 5.91. The van der Waals surface area contributed by atoms with Gasteiger partial charge in [-0.1, -0.05) is 28.1 Å². The third-order valence-corrected chi connectivity index (χ3v) is 4.81. The van der Waals surface area contributed by atoms with Crippen LogP contribution in [0.5, 0.6) is 11.5 Å². The van der Waals surface area contributed by atoms with Gasteiger partial charge in [-0.3, -0.25) is 4.99 Å². The number of hydrogen-bond acceptors (Lipinski definition) is 3. The average molecular weight is 404 g/mol. The van der Waals surface area contributed by atoms with Crippen molar-refractivity contribution in [2.75, 3.05) is 26.6 Å². The summed E-state index contributed by atoms with van der Waals surface area (Å²) in [4.78, 5) is 4.32. The van der Waals surface area contributed by atoms with Crippen LogP contribution in [0.2, 0.25) is 0 Å². The molecule has 0 aromatic heterocycles. The molecule has 2 unspecified atom stereocenters. The van der Waals surface area contributed by atoms with Crippen molar-refractivity contribution in [2.24, 2.45) is 4.99 Å². The van der Waals surface area contributed by atoms with E-state index in [2.05, 4.69) is 55.8 Å². The van der Waals surface area contributed by atoms with Crippen LogP contribution in [0, 0.1) is 0 Å². The Kier molecular flexibility index (Phi) is 5.48. The first-order valence-electron chi connectivity index (χ1n) is 8.12. The van der Waals surface area contributed by atoms with Gasteiger partial charge in [-0.25, -0.2) is 0 Å². The lowest BCUT2D eigenvalue weighted by Crippen LogP contribution is -2.33. The zero-order valence-corrected chi connectivity index (χ0v) is 16.1. The molecule has 6 heteroatoms. The standard InChI is InChI=1S/C19H22BrN3O2/c1-21-19(22-14-8-9-17(24-2)18(10-14)25-3)23-16-11-15(16)12-4-6-13(20)7-5-12/h4-10,15-16H,11H2,1-3H3,(H2,21,22,23). The molecule has 0 spiro atoms. The molecule has 0 radical (unpaired) electrons. The smallest absolute Gasteiger partial charge is 0.195 e. The van der Waals surface area contributed by atoms with E-state index in [1.165, 1.54) is 5.56 Å². The summed E-state index contributed by atoms with van der Waals surface area (Å²) in [5.41, 5.74) is 2.24. The zero-order valence-electron chi connectivity index (χ0n) is 14.5. The van der Waals surface area contributed by atoms with Gasteiger partial charge in [0, 0.05) is 35.2 Å². The highest BCUT2D eigenvalue weighted by Crippen LogP contribution is 2.41. The van der Waals surface area contributed by atoms with Crippen molar-refractivity contribution in [2.45, 2.75) is 18.4 Å². The van der Waals surface area contributed by atoms with Crippen molar-refractivity contribution in [1.82, 2.24) is 5.32 Å². The minimum Gasteiger partial charge on any atom is -0.493 e. The first kappa shape index (κ1) is 17.6. The van der Waals surface area contributed by atoms with Gasteiger partial charge >= 0.3 is 0 Å². The maximum absolute atomic E-state index is 5.34. The molecule has 1 fully saturated rings. The van der Waals surface area contributed by atoms with Crippen molar-refractivity contribution < 1.29 is 9.47 Å². The molecule has 5 nitrogen and oxygen atoms in total. The first-order chi connectivity index (χ1) is 12.1. The predicted octanol–water partition coefficient (Wildman–Crippen LogP) is 4.01. The van der Waals surface area contributed by atoms with E-state index in [0.717, 1.165) is 22.5 Å². The number of ether oxygens (including phenoxy) is 2. The molecular formula is C19H22BrN3O2. The van der Waals surface area contributed by atoms with E-state index in [9.17, 15) is 0 Å². The summed E-state index contributed by atoms with van der Waals surface area (Å²) in [5.74, 6) is 2.66. The van der Waals surface area contributed by atoms with E-state index in [4.69, 9.17) is 9.47 Å². The van der Waals surface area contributed by atoms with Crippen LogP contribution in [0.3, 0.4) is 0 Å². The van der Waals surface area contributed by atoms with E-state index in [1.54, 1.807) is 21.3 Å². The summed E-state index contributed by atoms with van der Waals surface area (Å²) in [7, 11) is 5.02. The molecule has 3 rings (SSSR count). The molecule has 0 aliphatic heterocycles. The summed E-state index contributed by atoms with van der Waals surface area (Å²) in [6, 6.07) is 14.6. The van der Waals surface area contributed by atoms with Gasteiger partial charge in [0.1, 0.15) is 0 Å². The number of methoxy groups -OCH3 is 2. The van der Waals surface area contributed by atoms with Gasteiger partial charge in [-0.05, 0) is 36.2 Å². The Morgan fingerprint density at radius 3 is 2.44 bits per heavy atom. The Hall–Kier alpha value is -2.21. The van der Waals surface area contributed by atoms with Crippen LogP contribution < -0.4 is 20.1 Å². The number of hydrogen-bond donors (Lipinski definition) is 2. The Labute approximate surface area is 156 Å². The normalized spacial score (nSPS) is 19.3. The van der Waals surface area contributed by atoms with Gasteiger partial charge in [0.05, 0.1) is 14.2 Å². The highest BCUT2D eigenvalue weighted by Gasteiger charge is 2.38. The molecule has 1 aliphatic rings. The SMILES string of the molecule is CN=C(Nc1ccc(OC)c(OC)c1)NC1CC1c1ccc(Br)cc1.